The molecule has 2 aromatic rings. The number of benzene rings is 2. The Morgan fingerprint density at radius 2 is 1.90 bits per heavy atom. The number of amides is 1. The van der Waals surface area contributed by atoms with E-state index in [2.05, 4.69) is 17.4 Å². The predicted molar refractivity (Wildman–Crippen MR) is 81.7 cm³/mol. The number of hydrogen-bond donors (Lipinski definition) is 1. The second-order valence-corrected chi connectivity index (χ2v) is 5.74. The fourth-order valence-electron chi connectivity index (χ4n) is 3.20. The molecule has 0 saturated heterocycles. The minimum Gasteiger partial charge on any atom is -0.480 e. The summed E-state index contributed by atoms with van der Waals surface area (Å²) < 4.78 is 5.72. The third-order valence-corrected chi connectivity index (χ3v) is 4.31. The molecule has 1 atom stereocenters. The summed E-state index contributed by atoms with van der Waals surface area (Å²) in [5.41, 5.74) is 4.76. The Morgan fingerprint density at radius 1 is 1.05 bits per heavy atom. The number of carbonyl (C=O) groups excluding carboxylic acids is 1. The van der Waals surface area contributed by atoms with E-state index in [4.69, 9.17) is 4.74 Å². The third kappa shape index (κ3) is 2.29. The Labute approximate surface area is 123 Å². The molecule has 106 valence electrons. The summed E-state index contributed by atoms with van der Waals surface area (Å²) >= 11 is 0. The van der Waals surface area contributed by atoms with Crippen molar-refractivity contribution >= 4 is 11.6 Å². The first-order valence-electron chi connectivity index (χ1n) is 7.47. The van der Waals surface area contributed by atoms with Crippen LogP contribution in [0.25, 0.3) is 0 Å². The highest BCUT2D eigenvalue weighted by Crippen LogP contribution is 2.29. The number of para-hydroxylation sites is 1. The van der Waals surface area contributed by atoms with Crippen molar-refractivity contribution < 1.29 is 9.53 Å². The summed E-state index contributed by atoms with van der Waals surface area (Å²) in [4.78, 5) is 12.3. The van der Waals surface area contributed by atoms with E-state index in [1.54, 1.807) is 0 Å². The molecule has 4 rings (SSSR count). The van der Waals surface area contributed by atoms with Crippen molar-refractivity contribution in [2.75, 3.05) is 5.32 Å². The summed E-state index contributed by atoms with van der Waals surface area (Å²) in [5.74, 6) is 0.760. The smallest absolute Gasteiger partial charge is 0.265 e. The molecule has 2 aliphatic rings. The van der Waals surface area contributed by atoms with Gasteiger partial charge in [0.1, 0.15) is 5.75 Å². The molecular weight excluding hydrogens is 262 g/mol. The van der Waals surface area contributed by atoms with Gasteiger partial charge < -0.3 is 10.1 Å². The second kappa shape index (κ2) is 4.92. The van der Waals surface area contributed by atoms with Crippen molar-refractivity contribution in [2.24, 2.45) is 0 Å². The number of rotatable bonds is 2. The quantitative estimate of drug-likeness (QED) is 0.917. The molecule has 3 heteroatoms. The number of carbonyl (C=O) groups is 1. The normalized spacial score (nSPS) is 18.8. The number of anilines is 1. The van der Waals surface area contributed by atoms with Crippen LogP contribution in [0.2, 0.25) is 0 Å². The fourth-order valence-corrected chi connectivity index (χ4v) is 3.20. The van der Waals surface area contributed by atoms with E-state index in [1.165, 1.54) is 17.5 Å². The first-order chi connectivity index (χ1) is 10.3. The average Bonchev–Trinajstić information content (AvgIpc) is 3.13. The minimum absolute atomic E-state index is 0.0656. The highest BCUT2D eigenvalue weighted by molar-refractivity contribution is 5.95. The van der Waals surface area contributed by atoms with Crippen LogP contribution in [0, 0.1) is 0 Å². The highest BCUT2D eigenvalue weighted by Gasteiger charge is 2.28. The second-order valence-electron chi connectivity index (χ2n) is 5.74. The maximum atomic E-state index is 12.3. The number of aryl methyl sites for hydroxylation is 2. The topological polar surface area (TPSA) is 38.3 Å². The molecule has 1 N–H and O–H groups in total. The summed E-state index contributed by atoms with van der Waals surface area (Å²) in [5, 5.41) is 2.98. The number of ether oxygens (including phenoxy) is 1. The molecular formula is C18H17NO2. The largest absolute Gasteiger partial charge is 0.480 e. The monoisotopic (exact) mass is 279 g/mol. The van der Waals surface area contributed by atoms with E-state index in [0.29, 0.717) is 6.42 Å². The zero-order valence-corrected chi connectivity index (χ0v) is 11.8. The minimum atomic E-state index is -0.421. The van der Waals surface area contributed by atoms with Gasteiger partial charge in [0.25, 0.3) is 5.91 Å². The van der Waals surface area contributed by atoms with E-state index in [0.717, 1.165) is 29.8 Å². The first-order valence-corrected chi connectivity index (χ1v) is 7.47. The average molecular weight is 279 g/mol. The molecule has 1 aliphatic carbocycles. The Morgan fingerprint density at radius 3 is 2.81 bits per heavy atom. The molecule has 2 aromatic carbocycles. The maximum absolute atomic E-state index is 12.3. The lowest BCUT2D eigenvalue weighted by Gasteiger charge is -2.12. The van der Waals surface area contributed by atoms with Crippen LogP contribution in [0.3, 0.4) is 0 Å². The zero-order chi connectivity index (χ0) is 14.2. The van der Waals surface area contributed by atoms with Crippen molar-refractivity contribution in [1.29, 1.82) is 0 Å². The van der Waals surface area contributed by atoms with Gasteiger partial charge in [0.15, 0.2) is 6.10 Å². The molecule has 0 radical (unpaired) electrons. The molecule has 0 bridgehead atoms. The molecule has 3 nitrogen and oxygen atoms in total. The molecule has 0 saturated carbocycles. The van der Waals surface area contributed by atoms with E-state index < -0.39 is 6.10 Å². The van der Waals surface area contributed by atoms with Gasteiger partial charge >= 0.3 is 0 Å². The molecule has 1 aliphatic heterocycles. The number of fused-ring (bicyclic) bond motifs is 2. The van der Waals surface area contributed by atoms with Crippen molar-refractivity contribution in [2.45, 2.75) is 31.8 Å². The third-order valence-electron chi connectivity index (χ3n) is 4.31. The predicted octanol–water partition coefficient (Wildman–Crippen LogP) is 3.12. The molecule has 0 aromatic heterocycles. The number of nitrogens with one attached hydrogen (secondary N) is 1. The van der Waals surface area contributed by atoms with Gasteiger partial charge in [0, 0.05) is 12.1 Å². The standard InChI is InChI=1S/C18H17NO2/c20-18(17-11-14-4-1-2-7-16(14)21-17)19-15-9-8-12-5-3-6-13(12)10-15/h1-2,4,7-10,17H,3,5-6,11H2,(H,19,20)/t17-/m0/s1. The Bertz CT molecular complexity index is 683. The van der Waals surface area contributed by atoms with Crippen LogP contribution < -0.4 is 10.1 Å². The van der Waals surface area contributed by atoms with Crippen LogP contribution in [-0.2, 0) is 24.1 Å². The summed E-state index contributed by atoms with van der Waals surface area (Å²) in [6.07, 6.45) is 3.71. The van der Waals surface area contributed by atoms with Crippen LogP contribution in [-0.4, -0.2) is 12.0 Å². The van der Waals surface area contributed by atoms with E-state index >= 15 is 0 Å². The van der Waals surface area contributed by atoms with Crippen LogP contribution >= 0.6 is 0 Å². The van der Waals surface area contributed by atoms with E-state index in [9.17, 15) is 4.79 Å². The maximum Gasteiger partial charge on any atom is 0.265 e. The van der Waals surface area contributed by atoms with Crippen LogP contribution in [0.4, 0.5) is 5.69 Å². The van der Waals surface area contributed by atoms with Gasteiger partial charge in [-0.05, 0) is 54.2 Å². The fraction of sp³-hybridized carbons (Fsp3) is 0.278. The summed E-state index contributed by atoms with van der Waals surface area (Å²) in [6, 6.07) is 14.0. The van der Waals surface area contributed by atoms with Crippen molar-refractivity contribution in [3.8, 4) is 5.75 Å². The molecule has 0 spiro atoms. The van der Waals surface area contributed by atoms with Gasteiger partial charge in [-0.1, -0.05) is 24.3 Å². The zero-order valence-electron chi connectivity index (χ0n) is 11.8. The van der Waals surface area contributed by atoms with Crippen LogP contribution in [0.1, 0.15) is 23.1 Å². The Kier molecular flexibility index (Phi) is 2.92. The van der Waals surface area contributed by atoms with Crippen molar-refractivity contribution in [3.05, 3.63) is 59.2 Å². The Hall–Kier alpha value is -2.29. The van der Waals surface area contributed by atoms with Crippen molar-refractivity contribution in [1.82, 2.24) is 0 Å². The summed E-state index contributed by atoms with van der Waals surface area (Å²) in [7, 11) is 0. The van der Waals surface area contributed by atoms with E-state index in [-0.39, 0.29) is 5.91 Å². The lowest BCUT2D eigenvalue weighted by Crippen LogP contribution is -2.31. The highest BCUT2D eigenvalue weighted by atomic mass is 16.5. The van der Waals surface area contributed by atoms with E-state index in [1.807, 2.05) is 30.3 Å². The SMILES string of the molecule is O=C(Nc1ccc2c(c1)CCC2)[C@@H]1Cc2ccccc2O1. The van der Waals surface area contributed by atoms with Gasteiger partial charge in [0.2, 0.25) is 0 Å². The van der Waals surface area contributed by atoms with Gasteiger partial charge in [0.05, 0.1) is 0 Å². The molecule has 1 amide bonds. The van der Waals surface area contributed by atoms with Crippen molar-refractivity contribution in [3.63, 3.8) is 0 Å². The van der Waals surface area contributed by atoms with Gasteiger partial charge in [-0.25, -0.2) is 0 Å². The molecule has 0 fully saturated rings. The van der Waals surface area contributed by atoms with Crippen LogP contribution in [0.5, 0.6) is 5.75 Å². The molecule has 21 heavy (non-hydrogen) atoms. The summed E-state index contributed by atoms with van der Waals surface area (Å²) in [6.45, 7) is 0. The first kappa shape index (κ1) is 12.5. The van der Waals surface area contributed by atoms with Gasteiger partial charge in [-0.2, -0.15) is 0 Å². The lowest BCUT2D eigenvalue weighted by atomic mass is 10.1. The molecule has 0 unspecified atom stereocenters. The Balaban J connectivity index is 1.47. The number of hydrogen-bond acceptors (Lipinski definition) is 2. The van der Waals surface area contributed by atoms with Gasteiger partial charge in [-0.3, -0.25) is 4.79 Å². The lowest BCUT2D eigenvalue weighted by molar-refractivity contribution is -0.122. The van der Waals surface area contributed by atoms with Gasteiger partial charge in [-0.15, -0.1) is 0 Å². The van der Waals surface area contributed by atoms with Crippen LogP contribution in [0.15, 0.2) is 42.5 Å². The molecule has 1 heterocycles.